The summed E-state index contributed by atoms with van der Waals surface area (Å²) in [6, 6.07) is 5.49. The maximum absolute atomic E-state index is 6.00. The molecule has 0 fully saturated rings. The molecule has 6 heteroatoms. The van der Waals surface area contributed by atoms with Gasteiger partial charge in [0.2, 0.25) is 0 Å². The van der Waals surface area contributed by atoms with Gasteiger partial charge >= 0.3 is 0 Å². The molecule has 0 spiro atoms. The van der Waals surface area contributed by atoms with Crippen molar-refractivity contribution in [2.45, 2.75) is 6.42 Å². The Morgan fingerprint density at radius 2 is 2.00 bits per heavy atom. The van der Waals surface area contributed by atoms with Gasteiger partial charge in [0.15, 0.2) is 0 Å². The Labute approximate surface area is 120 Å². The van der Waals surface area contributed by atoms with Crippen LogP contribution in [0, 0.1) is 0 Å². The number of nitrogens with zero attached hydrogens (tertiary/aromatic N) is 2. The fourth-order valence-electron chi connectivity index (χ4n) is 1.44. The molecular formula is C12H10Cl3N3. The molecule has 3 nitrogen and oxygen atoms in total. The third-order valence-corrected chi connectivity index (χ3v) is 3.28. The van der Waals surface area contributed by atoms with E-state index < -0.39 is 0 Å². The summed E-state index contributed by atoms with van der Waals surface area (Å²) in [4.78, 5) is 8.12. The number of hydrogen-bond donors (Lipinski definition) is 1. The smallest absolute Gasteiger partial charge is 0.150 e. The Morgan fingerprint density at radius 1 is 1.17 bits per heavy atom. The summed E-state index contributed by atoms with van der Waals surface area (Å²) in [5, 5.41) is 4.16. The Balaban J connectivity index is 1.97. The molecule has 0 unspecified atom stereocenters. The molecule has 2 heterocycles. The van der Waals surface area contributed by atoms with Crippen LogP contribution >= 0.6 is 34.8 Å². The number of aromatic nitrogens is 2. The van der Waals surface area contributed by atoms with Crippen LogP contribution in [0.2, 0.25) is 15.2 Å². The molecular weight excluding hydrogens is 293 g/mol. The monoisotopic (exact) mass is 301 g/mol. The minimum absolute atomic E-state index is 0.241. The first-order valence-corrected chi connectivity index (χ1v) is 6.44. The zero-order chi connectivity index (χ0) is 13.0. The topological polar surface area (TPSA) is 37.8 Å². The SMILES string of the molecule is Clc1cc(Cl)c(NCCc2cccnc2)nc1Cl. The minimum Gasteiger partial charge on any atom is -0.368 e. The van der Waals surface area contributed by atoms with E-state index in [0.29, 0.717) is 22.4 Å². The second-order valence-corrected chi connectivity index (χ2v) is 4.80. The normalized spacial score (nSPS) is 10.4. The number of rotatable bonds is 4. The van der Waals surface area contributed by atoms with Crippen LogP contribution < -0.4 is 5.32 Å². The fraction of sp³-hybridized carbons (Fsp3) is 0.167. The first-order valence-electron chi connectivity index (χ1n) is 5.31. The lowest BCUT2D eigenvalue weighted by Crippen LogP contribution is -2.07. The molecule has 0 aliphatic carbocycles. The standard InChI is InChI=1S/C12H10Cl3N3/c13-9-6-10(14)12(18-11(9)15)17-5-3-8-2-1-4-16-7-8/h1-2,4,6-7H,3,5H2,(H,17,18). The Morgan fingerprint density at radius 3 is 2.72 bits per heavy atom. The average molecular weight is 303 g/mol. The zero-order valence-electron chi connectivity index (χ0n) is 9.33. The van der Waals surface area contributed by atoms with E-state index >= 15 is 0 Å². The zero-order valence-corrected chi connectivity index (χ0v) is 11.6. The predicted octanol–water partition coefficient (Wildman–Crippen LogP) is 4.09. The fourth-order valence-corrected chi connectivity index (χ4v) is 2.00. The number of nitrogens with one attached hydrogen (secondary N) is 1. The number of hydrogen-bond acceptors (Lipinski definition) is 3. The van der Waals surface area contributed by atoms with E-state index in [2.05, 4.69) is 15.3 Å². The first-order chi connectivity index (χ1) is 8.66. The van der Waals surface area contributed by atoms with Crippen molar-refractivity contribution >= 4 is 40.6 Å². The summed E-state index contributed by atoms with van der Waals surface area (Å²) in [5.74, 6) is 0.537. The molecule has 0 saturated carbocycles. The molecule has 0 amide bonds. The van der Waals surface area contributed by atoms with Crippen LogP contribution in [0.25, 0.3) is 0 Å². The van der Waals surface area contributed by atoms with Gasteiger partial charge in [-0.05, 0) is 24.1 Å². The molecule has 1 N–H and O–H groups in total. The summed E-state index contributed by atoms with van der Waals surface area (Å²) >= 11 is 17.6. The van der Waals surface area contributed by atoms with Gasteiger partial charge in [-0.15, -0.1) is 0 Å². The van der Waals surface area contributed by atoms with Crippen molar-refractivity contribution in [3.8, 4) is 0 Å². The molecule has 0 bridgehead atoms. The summed E-state index contributed by atoms with van der Waals surface area (Å²) < 4.78 is 0. The van der Waals surface area contributed by atoms with E-state index in [9.17, 15) is 0 Å². The predicted molar refractivity (Wildman–Crippen MR) is 75.7 cm³/mol. The molecule has 0 atom stereocenters. The number of pyridine rings is 2. The van der Waals surface area contributed by atoms with E-state index in [-0.39, 0.29) is 5.15 Å². The highest BCUT2D eigenvalue weighted by atomic mass is 35.5. The van der Waals surface area contributed by atoms with E-state index in [1.807, 2.05) is 18.3 Å². The van der Waals surface area contributed by atoms with Gasteiger partial charge in [0.05, 0.1) is 10.0 Å². The van der Waals surface area contributed by atoms with Gasteiger partial charge in [0.25, 0.3) is 0 Å². The molecule has 2 aromatic heterocycles. The summed E-state index contributed by atoms with van der Waals surface area (Å²) in [6.45, 7) is 0.691. The van der Waals surface area contributed by atoms with Gasteiger partial charge in [-0.1, -0.05) is 40.9 Å². The van der Waals surface area contributed by atoms with Crippen molar-refractivity contribution < 1.29 is 0 Å². The van der Waals surface area contributed by atoms with Crippen molar-refractivity contribution in [2.75, 3.05) is 11.9 Å². The van der Waals surface area contributed by atoms with Gasteiger partial charge in [0, 0.05) is 18.9 Å². The average Bonchev–Trinajstić information content (AvgIpc) is 2.37. The van der Waals surface area contributed by atoms with Crippen LogP contribution in [0.3, 0.4) is 0 Å². The van der Waals surface area contributed by atoms with E-state index in [1.165, 1.54) is 0 Å². The molecule has 0 radical (unpaired) electrons. The Hall–Kier alpha value is -1.03. The molecule has 0 aliphatic rings. The summed E-state index contributed by atoms with van der Waals surface area (Å²) in [7, 11) is 0. The van der Waals surface area contributed by atoms with Crippen molar-refractivity contribution in [2.24, 2.45) is 0 Å². The Kier molecular flexibility index (Phi) is 4.64. The van der Waals surface area contributed by atoms with Gasteiger partial charge in [-0.3, -0.25) is 4.98 Å². The van der Waals surface area contributed by atoms with Gasteiger partial charge in [-0.2, -0.15) is 0 Å². The molecule has 0 saturated heterocycles. The molecule has 0 aromatic carbocycles. The highest BCUT2D eigenvalue weighted by Gasteiger charge is 2.07. The van der Waals surface area contributed by atoms with Gasteiger partial charge < -0.3 is 5.32 Å². The maximum Gasteiger partial charge on any atom is 0.150 e. The van der Waals surface area contributed by atoms with Crippen molar-refractivity contribution in [3.63, 3.8) is 0 Å². The lowest BCUT2D eigenvalue weighted by molar-refractivity contribution is 0.994. The lowest BCUT2D eigenvalue weighted by atomic mass is 10.2. The van der Waals surface area contributed by atoms with Crippen molar-refractivity contribution in [1.82, 2.24) is 9.97 Å². The van der Waals surface area contributed by atoms with Crippen LogP contribution in [0.5, 0.6) is 0 Å². The highest BCUT2D eigenvalue weighted by molar-refractivity contribution is 6.42. The van der Waals surface area contributed by atoms with Crippen LogP contribution in [0.4, 0.5) is 5.82 Å². The quantitative estimate of drug-likeness (QED) is 0.864. The summed E-state index contributed by atoms with van der Waals surface area (Å²) in [5.41, 5.74) is 1.14. The number of halogens is 3. The van der Waals surface area contributed by atoms with E-state index in [0.717, 1.165) is 12.0 Å². The molecule has 0 aliphatic heterocycles. The molecule has 94 valence electrons. The van der Waals surface area contributed by atoms with Gasteiger partial charge in [-0.25, -0.2) is 4.98 Å². The molecule has 2 aromatic rings. The maximum atomic E-state index is 6.00. The van der Waals surface area contributed by atoms with Crippen LogP contribution in [-0.2, 0) is 6.42 Å². The molecule has 18 heavy (non-hydrogen) atoms. The van der Waals surface area contributed by atoms with Gasteiger partial charge in [0.1, 0.15) is 11.0 Å². The Bertz CT molecular complexity index is 532. The second kappa shape index (κ2) is 6.23. The minimum atomic E-state index is 0.241. The van der Waals surface area contributed by atoms with Crippen molar-refractivity contribution in [3.05, 3.63) is 51.4 Å². The van der Waals surface area contributed by atoms with Crippen LogP contribution in [0.1, 0.15) is 5.56 Å². The third kappa shape index (κ3) is 3.48. The van der Waals surface area contributed by atoms with Crippen molar-refractivity contribution in [1.29, 1.82) is 0 Å². The van der Waals surface area contributed by atoms with E-state index in [4.69, 9.17) is 34.8 Å². The third-order valence-electron chi connectivity index (χ3n) is 2.32. The van der Waals surface area contributed by atoms with Crippen LogP contribution in [-0.4, -0.2) is 16.5 Å². The largest absolute Gasteiger partial charge is 0.368 e. The number of anilines is 1. The summed E-state index contributed by atoms with van der Waals surface area (Å²) in [6.07, 6.45) is 4.39. The van der Waals surface area contributed by atoms with E-state index in [1.54, 1.807) is 12.3 Å². The first kappa shape index (κ1) is 13.4. The van der Waals surface area contributed by atoms with Crippen LogP contribution in [0.15, 0.2) is 30.6 Å². The lowest BCUT2D eigenvalue weighted by Gasteiger charge is -2.08. The molecule has 2 rings (SSSR count). The highest BCUT2D eigenvalue weighted by Crippen LogP contribution is 2.28. The second-order valence-electron chi connectivity index (χ2n) is 3.63.